The van der Waals surface area contributed by atoms with Gasteiger partial charge in [0.05, 0.1) is 12.5 Å². The summed E-state index contributed by atoms with van der Waals surface area (Å²) in [5.41, 5.74) is 7.20. The van der Waals surface area contributed by atoms with E-state index in [9.17, 15) is 9.59 Å². The number of likely N-dealkylation sites (tertiary alicyclic amines) is 1. The molecule has 1 aromatic carbocycles. The number of nitrogens with two attached hydrogens (primary N) is 1. The van der Waals surface area contributed by atoms with Crippen LogP contribution in [-0.4, -0.2) is 49.4 Å². The smallest absolute Gasteiger partial charge is 0.233 e. The van der Waals surface area contributed by atoms with Crippen LogP contribution >= 0.6 is 0 Å². The van der Waals surface area contributed by atoms with Gasteiger partial charge in [-0.3, -0.25) is 14.5 Å². The van der Waals surface area contributed by atoms with Crippen LogP contribution in [0.1, 0.15) is 31.4 Å². The molecule has 1 aliphatic heterocycles. The van der Waals surface area contributed by atoms with Gasteiger partial charge < -0.3 is 16.4 Å². The van der Waals surface area contributed by atoms with Crippen molar-refractivity contribution >= 4 is 11.8 Å². The molecule has 2 rings (SSSR count). The summed E-state index contributed by atoms with van der Waals surface area (Å²) in [6, 6.07) is 9.55. The number of amides is 2. The number of nitrogens with one attached hydrogen (secondary N) is 2. The molecule has 0 aromatic heterocycles. The second kappa shape index (κ2) is 8.80. The Kier molecular flexibility index (Phi) is 6.75. The third-order valence-electron chi connectivity index (χ3n) is 4.72. The summed E-state index contributed by atoms with van der Waals surface area (Å²) in [5, 5.41) is 5.75. The van der Waals surface area contributed by atoms with E-state index in [1.54, 1.807) is 7.05 Å². The number of carbonyl (C=O) groups excluding carboxylic acids is 2. The van der Waals surface area contributed by atoms with E-state index >= 15 is 0 Å². The van der Waals surface area contributed by atoms with Crippen LogP contribution in [0, 0.1) is 5.92 Å². The average Bonchev–Trinajstić information content (AvgIpc) is 2.62. The molecule has 2 unspecified atom stereocenters. The molecule has 0 spiro atoms. The first-order chi connectivity index (χ1) is 11.5. The number of rotatable bonds is 6. The zero-order valence-electron chi connectivity index (χ0n) is 14.5. The fourth-order valence-electron chi connectivity index (χ4n) is 2.98. The summed E-state index contributed by atoms with van der Waals surface area (Å²) in [7, 11) is 1.65. The highest BCUT2D eigenvalue weighted by atomic mass is 16.2. The number of nitrogens with zero attached hydrogens (tertiary/aromatic N) is 1. The van der Waals surface area contributed by atoms with Crippen molar-refractivity contribution in [3.8, 4) is 0 Å². The third-order valence-corrected chi connectivity index (χ3v) is 4.72. The first-order valence-corrected chi connectivity index (χ1v) is 8.55. The lowest BCUT2D eigenvalue weighted by atomic mass is 9.94. The van der Waals surface area contributed by atoms with Gasteiger partial charge in [0, 0.05) is 32.2 Å². The van der Waals surface area contributed by atoms with Gasteiger partial charge in [0.2, 0.25) is 11.8 Å². The van der Waals surface area contributed by atoms with Gasteiger partial charge in [-0.05, 0) is 18.4 Å². The summed E-state index contributed by atoms with van der Waals surface area (Å²) in [4.78, 5) is 26.0. The van der Waals surface area contributed by atoms with E-state index in [2.05, 4.69) is 15.5 Å². The maximum absolute atomic E-state index is 12.5. The predicted molar refractivity (Wildman–Crippen MR) is 94.2 cm³/mol. The summed E-state index contributed by atoms with van der Waals surface area (Å²) >= 11 is 0. The molecule has 0 bridgehead atoms. The van der Waals surface area contributed by atoms with Crippen molar-refractivity contribution in [1.82, 2.24) is 15.5 Å². The predicted octanol–water partition coefficient (Wildman–Crippen LogP) is 0.649. The monoisotopic (exact) mass is 332 g/mol. The molecule has 132 valence electrons. The summed E-state index contributed by atoms with van der Waals surface area (Å²) in [6.07, 6.45) is 1.71. The maximum atomic E-state index is 12.5. The lowest BCUT2D eigenvalue weighted by molar-refractivity contribution is -0.126. The summed E-state index contributed by atoms with van der Waals surface area (Å²) in [5.74, 6) is -0.257. The molecule has 1 saturated heterocycles. The molecule has 0 aliphatic carbocycles. The molecule has 2 amide bonds. The first-order valence-electron chi connectivity index (χ1n) is 8.55. The maximum Gasteiger partial charge on any atom is 0.233 e. The minimum absolute atomic E-state index is 0.00361. The molecule has 24 heavy (non-hydrogen) atoms. The van der Waals surface area contributed by atoms with Gasteiger partial charge >= 0.3 is 0 Å². The molecule has 0 saturated carbocycles. The Hall–Kier alpha value is -1.92. The van der Waals surface area contributed by atoms with Crippen molar-refractivity contribution in [3.05, 3.63) is 35.9 Å². The van der Waals surface area contributed by atoms with Crippen molar-refractivity contribution in [2.24, 2.45) is 11.7 Å². The minimum Gasteiger partial charge on any atom is -0.358 e. The van der Waals surface area contributed by atoms with Crippen molar-refractivity contribution in [2.75, 3.05) is 26.7 Å². The van der Waals surface area contributed by atoms with Crippen LogP contribution in [0.25, 0.3) is 0 Å². The van der Waals surface area contributed by atoms with Crippen LogP contribution in [0.4, 0.5) is 0 Å². The van der Waals surface area contributed by atoms with Gasteiger partial charge in [0.25, 0.3) is 0 Å². The topological polar surface area (TPSA) is 87.5 Å². The Balaban J connectivity index is 1.79. The normalized spacial score (nSPS) is 18.6. The Morgan fingerprint density at radius 2 is 1.88 bits per heavy atom. The molecule has 6 heteroatoms. The highest BCUT2D eigenvalue weighted by Crippen LogP contribution is 2.20. The lowest BCUT2D eigenvalue weighted by Gasteiger charge is -2.32. The Morgan fingerprint density at radius 1 is 1.25 bits per heavy atom. The van der Waals surface area contributed by atoms with E-state index in [0.29, 0.717) is 6.54 Å². The highest BCUT2D eigenvalue weighted by Gasteiger charge is 2.26. The van der Waals surface area contributed by atoms with Crippen molar-refractivity contribution in [1.29, 1.82) is 0 Å². The number of likely N-dealkylation sites (N-methyl/N-ethyl adjacent to an activating group) is 1. The van der Waals surface area contributed by atoms with Crippen LogP contribution in [0.5, 0.6) is 0 Å². The van der Waals surface area contributed by atoms with Crippen molar-refractivity contribution in [2.45, 2.75) is 31.8 Å². The van der Waals surface area contributed by atoms with Gasteiger partial charge in [-0.2, -0.15) is 0 Å². The second-order valence-corrected chi connectivity index (χ2v) is 6.46. The van der Waals surface area contributed by atoms with Gasteiger partial charge in [0.15, 0.2) is 0 Å². The molecule has 4 N–H and O–H groups in total. The van der Waals surface area contributed by atoms with Crippen LogP contribution in [0.2, 0.25) is 0 Å². The molecule has 1 heterocycles. The fraction of sp³-hybridized carbons (Fsp3) is 0.556. The Labute approximate surface area is 143 Å². The third kappa shape index (κ3) is 5.04. The zero-order valence-corrected chi connectivity index (χ0v) is 14.5. The van der Waals surface area contributed by atoms with Crippen molar-refractivity contribution in [3.63, 3.8) is 0 Å². The van der Waals surface area contributed by atoms with E-state index in [-0.39, 0.29) is 29.8 Å². The average molecular weight is 332 g/mol. The quantitative estimate of drug-likeness (QED) is 0.714. The first kappa shape index (κ1) is 18.4. The summed E-state index contributed by atoms with van der Waals surface area (Å²) < 4.78 is 0. The van der Waals surface area contributed by atoms with Gasteiger partial charge in [-0.25, -0.2) is 0 Å². The molecule has 1 aromatic rings. The van der Waals surface area contributed by atoms with E-state index in [1.165, 1.54) is 0 Å². The number of hydrogen-bond donors (Lipinski definition) is 3. The lowest BCUT2D eigenvalue weighted by Crippen LogP contribution is -2.48. The summed E-state index contributed by atoms with van der Waals surface area (Å²) in [6.45, 7) is 3.93. The number of piperidine rings is 1. The second-order valence-electron chi connectivity index (χ2n) is 6.46. The zero-order chi connectivity index (χ0) is 17.5. The SMILES string of the molecule is CNC(=O)CN1CCC(NC(=O)C(C)C(N)c2ccccc2)CC1. The van der Waals surface area contributed by atoms with Crippen LogP contribution in [-0.2, 0) is 9.59 Å². The minimum atomic E-state index is -0.306. The van der Waals surface area contributed by atoms with Gasteiger partial charge in [0.1, 0.15) is 0 Å². The van der Waals surface area contributed by atoms with Gasteiger partial charge in [-0.15, -0.1) is 0 Å². The Morgan fingerprint density at radius 3 is 2.46 bits per heavy atom. The largest absolute Gasteiger partial charge is 0.358 e. The molecule has 1 fully saturated rings. The fourth-order valence-corrected chi connectivity index (χ4v) is 2.98. The van der Waals surface area contributed by atoms with E-state index in [0.717, 1.165) is 31.5 Å². The standard InChI is InChI=1S/C18H28N4O2/c1-13(17(19)14-6-4-3-5-7-14)18(24)21-15-8-10-22(11-9-15)12-16(23)20-2/h3-7,13,15,17H,8-12,19H2,1-2H3,(H,20,23)(H,21,24). The van der Waals surface area contributed by atoms with Crippen LogP contribution in [0.15, 0.2) is 30.3 Å². The highest BCUT2D eigenvalue weighted by molar-refractivity contribution is 5.79. The molecule has 1 aliphatic rings. The Bertz CT molecular complexity index is 541. The van der Waals surface area contributed by atoms with Gasteiger partial charge in [-0.1, -0.05) is 37.3 Å². The molecular formula is C18H28N4O2. The van der Waals surface area contributed by atoms with E-state index in [4.69, 9.17) is 5.73 Å². The number of hydrogen-bond acceptors (Lipinski definition) is 4. The molecule has 0 radical (unpaired) electrons. The molecule has 6 nitrogen and oxygen atoms in total. The molecule has 2 atom stereocenters. The number of benzene rings is 1. The number of carbonyl (C=O) groups is 2. The van der Waals surface area contributed by atoms with Crippen molar-refractivity contribution < 1.29 is 9.59 Å². The van der Waals surface area contributed by atoms with Crippen LogP contribution < -0.4 is 16.4 Å². The van der Waals surface area contributed by atoms with E-state index < -0.39 is 0 Å². The van der Waals surface area contributed by atoms with E-state index in [1.807, 2.05) is 37.3 Å². The molecular weight excluding hydrogens is 304 g/mol. The van der Waals surface area contributed by atoms with Crippen LogP contribution in [0.3, 0.4) is 0 Å².